The first-order chi connectivity index (χ1) is 31.8. The van der Waals surface area contributed by atoms with Gasteiger partial charge in [-0.1, -0.05) is 140 Å². The third kappa shape index (κ3) is 8.46. The van der Waals surface area contributed by atoms with E-state index in [4.69, 9.17) is 9.72 Å². The van der Waals surface area contributed by atoms with Crippen molar-refractivity contribution in [2.24, 2.45) is 0 Å². The molecule has 0 spiro atoms. The van der Waals surface area contributed by atoms with Crippen molar-refractivity contribution in [3.05, 3.63) is 199 Å². The van der Waals surface area contributed by atoms with E-state index in [1.807, 2.05) is 24.4 Å². The standard InChI is InChI=1S/C60H54FN4O.Pt/c1-9-39-17-15-18-40(10-2)57(39)42-33-45(63-38-64(54-24-14-13-23-53(54)63)58-48(41-25-27-44(61)28-26-41)20-16-21-51(58)60(6,7)8)36-47(34-42)66-46-29-30-50-49-19-11-12-22-52(49)65(55(50)37-46)56-35-43(31-32-62-56)59(3,4)5;/h11-35,38H,9-10H2,1-8H3;/q-3;. The number of rotatable bonds is 9. The molecule has 0 saturated carbocycles. The molecule has 0 radical (unpaired) electrons. The summed E-state index contributed by atoms with van der Waals surface area (Å²) in [5, 5.41) is 2.20. The fourth-order valence-electron chi connectivity index (χ4n) is 9.52. The van der Waals surface area contributed by atoms with Crippen molar-refractivity contribution in [2.75, 3.05) is 9.80 Å². The van der Waals surface area contributed by atoms with Gasteiger partial charge in [-0.15, -0.1) is 53.6 Å². The Labute approximate surface area is 409 Å². The summed E-state index contributed by atoms with van der Waals surface area (Å²) in [7, 11) is 0. The zero-order chi connectivity index (χ0) is 45.9. The minimum atomic E-state index is -0.261. The van der Waals surface area contributed by atoms with Gasteiger partial charge < -0.3 is 19.1 Å². The molecule has 7 aromatic carbocycles. The summed E-state index contributed by atoms with van der Waals surface area (Å²) < 4.78 is 23.5. The number of ether oxygens (including phenoxy) is 1. The molecule has 0 fully saturated rings. The van der Waals surface area contributed by atoms with E-state index < -0.39 is 0 Å². The molecule has 0 atom stereocenters. The predicted molar refractivity (Wildman–Crippen MR) is 271 cm³/mol. The molecule has 0 N–H and O–H groups in total. The van der Waals surface area contributed by atoms with Gasteiger partial charge in [0.1, 0.15) is 11.6 Å². The van der Waals surface area contributed by atoms with Gasteiger partial charge in [0.2, 0.25) is 0 Å². The molecule has 67 heavy (non-hydrogen) atoms. The second kappa shape index (κ2) is 18.0. The molecule has 0 aliphatic carbocycles. The summed E-state index contributed by atoms with van der Waals surface area (Å²) in [6.45, 7) is 20.0. The molecule has 0 saturated heterocycles. The zero-order valence-electron chi connectivity index (χ0n) is 39.3. The monoisotopic (exact) mass is 1060 g/mol. The maximum absolute atomic E-state index is 14.3. The molecule has 340 valence electrons. The first-order valence-corrected chi connectivity index (χ1v) is 23.0. The molecule has 10 rings (SSSR count). The molecule has 5 nitrogen and oxygen atoms in total. The van der Waals surface area contributed by atoms with E-state index in [1.54, 1.807) is 0 Å². The predicted octanol–water partition coefficient (Wildman–Crippen LogP) is 16.2. The van der Waals surface area contributed by atoms with Gasteiger partial charge in [-0.3, -0.25) is 0 Å². The van der Waals surface area contributed by atoms with Crippen molar-refractivity contribution in [3.8, 4) is 39.6 Å². The van der Waals surface area contributed by atoms with Crippen LogP contribution >= 0.6 is 0 Å². The van der Waals surface area contributed by atoms with Gasteiger partial charge in [-0.25, -0.2) is 9.37 Å². The number of aryl methyl sites for hydroxylation is 2. The van der Waals surface area contributed by atoms with Crippen LogP contribution in [0.25, 0.3) is 49.9 Å². The van der Waals surface area contributed by atoms with Gasteiger partial charge in [0.05, 0.1) is 0 Å². The maximum atomic E-state index is 14.3. The minimum Gasteiger partial charge on any atom is -0.509 e. The number of halogens is 1. The van der Waals surface area contributed by atoms with Gasteiger partial charge in [0.25, 0.3) is 0 Å². The quantitative estimate of drug-likeness (QED) is 0.135. The Bertz CT molecular complexity index is 3260. The topological polar surface area (TPSA) is 33.5 Å². The van der Waals surface area contributed by atoms with Crippen molar-refractivity contribution >= 4 is 44.6 Å². The number of fused-ring (bicyclic) bond motifs is 4. The zero-order valence-corrected chi connectivity index (χ0v) is 41.6. The van der Waals surface area contributed by atoms with Crippen LogP contribution in [0.3, 0.4) is 0 Å². The minimum absolute atomic E-state index is 0. The molecule has 2 aromatic heterocycles. The van der Waals surface area contributed by atoms with Crippen LogP contribution in [-0.4, -0.2) is 9.55 Å². The van der Waals surface area contributed by atoms with Gasteiger partial charge in [-0.05, 0) is 105 Å². The Morgan fingerprint density at radius 1 is 0.627 bits per heavy atom. The average molecular weight is 1060 g/mol. The Balaban J connectivity index is 0.00000562. The first-order valence-electron chi connectivity index (χ1n) is 23.0. The van der Waals surface area contributed by atoms with E-state index in [9.17, 15) is 4.39 Å². The molecular weight excluding hydrogens is 1010 g/mol. The molecule has 7 heteroatoms. The summed E-state index contributed by atoms with van der Waals surface area (Å²) in [5.41, 5.74) is 14.8. The van der Waals surface area contributed by atoms with Gasteiger partial charge in [0.15, 0.2) is 0 Å². The van der Waals surface area contributed by atoms with Crippen LogP contribution in [0, 0.1) is 24.6 Å². The van der Waals surface area contributed by atoms with E-state index in [0.717, 1.165) is 79.9 Å². The largest absolute Gasteiger partial charge is 0.509 e. The molecule has 9 aromatic rings. The molecule has 1 aliphatic heterocycles. The second-order valence-corrected chi connectivity index (χ2v) is 19.3. The summed E-state index contributed by atoms with van der Waals surface area (Å²) >= 11 is 0. The number of nitrogens with zero attached hydrogens (tertiary/aromatic N) is 4. The van der Waals surface area contributed by atoms with E-state index >= 15 is 0 Å². The molecule has 0 unspecified atom stereocenters. The van der Waals surface area contributed by atoms with E-state index in [1.165, 1.54) is 39.9 Å². The smallest absolute Gasteiger partial charge is 0.135 e. The number of anilines is 4. The van der Waals surface area contributed by atoms with Crippen LogP contribution in [0.4, 0.5) is 27.1 Å². The Hall–Kier alpha value is -6.49. The van der Waals surface area contributed by atoms with Crippen LogP contribution in [0.2, 0.25) is 0 Å². The summed E-state index contributed by atoms with van der Waals surface area (Å²) in [6.07, 6.45) is 3.67. The number of pyridine rings is 1. The Morgan fingerprint density at radius 3 is 2.01 bits per heavy atom. The van der Waals surface area contributed by atoms with Crippen molar-refractivity contribution in [1.29, 1.82) is 0 Å². The van der Waals surface area contributed by atoms with Crippen LogP contribution in [0.5, 0.6) is 11.5 Å². The molecule has 3 heterocycles. The van der Waals surface area contributed by atoms with Crippen LogP contribution in [0.1, 0.15) is 77.6 Å². The van der Waals surface area contributed by atoms with E-state index in [-0.39, 0.29) is 37.7 Å². The number of para-hydroxylation sites is 4. The Kier molecular flexibility index (Phi) is 12.2. The summed E-state index contributed by atoms with van der Waals surface area (Å²) in [4.78, 5) is 9.41. The van der Waals surface area contributed by atoms with Gasteiger partial charge in [0, 0.05) is 66.9 Å². The number of hydrogen-bond acceptors (Lipinski definition) is 4. The third-order valence-corrected chi connectivity index (χ3v) is 12.9. The molecule has 0 bridgehead atoms. The Morgan fingerprint density at radius 2 is 1.31 bits per heavy atom. The fraction of sp³-hybridized carbons (Fsp3) is 0.200. The van der Waals surface area contributed by atoms with Crippen LogP contribution in [0.15, 0.2) is 152 Å². The van der Waals surface area contributed by atoms with Gasteiger partial charge in [-0.2, -0.15) is 6.07 Å². The van der Waals surface area contributed by atoms with E-state index in [2.05, 4.69) is 204 Å². The fourth-order valence-corrected chi connectivity index (χ4v) is 9.52. The second-order valence-electron chi connectivity index (χ2n) is 19.3. The SMILES string of the molecule is CCc1cccc(CC)c1-c1cc(Oc2[c-]c3c(cc2)c2ccccc2n3-c2cc(C(C)(C)C)ccn2)[c-]c(N2[CH-]N(c3c(-c4ccc(F)cc4)cccc3C(C)(C)C)c3ccccc32)c1.[Pt]. The summed E-state index contributed by atoms with van der Waals surface area (Å²) in [6, 6.07) is 57.0. The summed E-state index contributed by atoms with van der Waals surface area (Å²) in [5.74, 6) is 1.73. The van der Waals surface area contributed by atoms with Crippen molar-refractivity contribution in [2.45, 2.75) is 79.1 Å². The first kappa shape index (κ1) is 45.7. The normalized spacial score (nSPS) is 12.7. The number of aromatic nitrogens is 2. The maximum Gasteiger partial charge on any atom is 0.135 e. The number of hydrogen-bond donors (Lipinski definition) is 0. The molecule has 1 aliphatic rings. The van der Waals surface area contributed by atoms with Crippen molar-refractivity contribution in [1.82, 2.24) is 9.55 Å². The van der Waals surface area contributed by atoms with Crippen molar-refractivity contribution < 1.29 is 30.2 Å². The molecule has 0 amide bonds. The van der Waals surface area contributed by atoms with Crippen LogP contribution in [-0.2, 0) is 44.7 Å². The average Bonchev–Trinajstić information content (AvgIpc) is 3.86. The van der Waals surface area contributed by atoms with Crippen molar-refractivity contribution in [3.63, 3.8) is 0 Å². The third-order valence-electron chi connectivity index (χ3n) is 12.9. The van der Waals surface area contributed by atoms with Crippen LogP contribution < -0.4 is 14.5 Å². The molecular formula is C60H54FN4OPt-3. The number of benzene rings is 7. The van der Waals surface area contributed by atoms with E-state index in [0.29, 0.717) is 11.5 Å². The van der Waals surface area contributed by atoms with Gasteiger partial charge >= 0.3 is 0 Å².